The molecule has 0 unspecified atom stereocenters. The van der Waals surface area contributed by atoms with Crippen molar-refractivity contribution in [2.24, 2.45) is 0 Å². The summed E-state index contributed by atoms with van der Waals surface area (Å²) in [5, 5.41) is 19.8. The summed E-state index contributed by atoms with van der Waals surface area (Å²) in [6, 6.07) is 9.23. The zero-order valence-electron chi connectivity index (χ0n) is 9.32. The van der Waals surface area contributed by atoms with Crippen LogP contribution in [0.2, 0.25) is 0 Å². The van der Waals surface area contributed by atoms with E-state index in [1.54, 1.807) is 32.0 Å². The van der Waals surface area contributed by atoms with Gasteiger partial charge in [-0.05, 0) is 38.0 Å². The van der Waals surface area contributed by atoms with Gasteiger partial charge in [0.25, 0.3) is 0 Å². The lowest BCUT2D eigenvalue weighted by molar-refractivity contribution is 0.182. The maximum Gasteiger partial charge on any atom is 0.405 e. The first-order valence-corrected chi connectivity index (χ1v) is 4.93. The van der Waals surface area contributed by atoms with Gasteiger partial charge >= 0.3 is 6.09 Å². The normalized spacial score (nSPS) is 10.6. The van der Waals surface area contributed by atoms with Gasteiger partial charge in [-0.15, -0.1) is 0 Å². The summed E-state index contributed by atoms with van der Waals surface area (Å²) >= 11 is 0. The summed E-state index contributed by atoms with van der Waals surface area (Å²) in [5.74, 6) is 0. The van der Waals surface area contributed by atoms with Crippen molar-refractivity contribution in [2.75, 3.05) is 0 Å². The van der Waals surface area contributed by atoms with Crippen molar-refractivity contribution >= 4 is 6.09 Å². The summed E-state index contributed by atoms with van der Waals surface area (Å²) in [7, 11) is 0. The van der Waals surface area contributed by atoms with Crippen LogP contribution in [0.1, 0.15) is 25.0 Å². The van der Waals surface area contributed by atoms with E-state index in [1.807, 2.05) is 6.07 Å². The van der Waals surface area contributed by atoms with E-state index in [-0.39, 0.29) is 0 Å². The topological polar surface area (TPSA) is 73.1 Å². The monoisotopic (exact) mass is 218 g/mol. The summed E-state index contributed by atoms with van der Waals surface area (Å²) in [6.07, 6.45) is -0.490. The number of amides is 1. The second-order valence-corrected chi connectivity index (χ2v) is 4.30. The predicted octanol–water partition coefficient (Wildman–Crippen LogP) is 2.15. The molecule has 1 aromatic carbocycles. The minimum atomic E-state index is -1.04. The molecule has 0 saturated carbocycles. The minimum absolute atomic E-state index is 0.542. The first-order chi connectivity index (χ1) is 7.43. The van der Waals surface area contributed by atoms with Crippen LogP contribution in [0.15, 0.2) is 24.3 Å². The Kier molecular flexibility index (Phi) is 3.51. The number of carboxylic acid groups (broad SMARTS) is 1. The number of nitrogens with zero attached hydrogens (tertiary/aromatic N) is 1. The number of carbonyl (C=O) groups is 1. The van der Waals surface area contributed by atoms with E-state index >= 15 is 0 Å². The van der Waals surface area contributed by atoms with E-state index in [4.69, 9.17) is 10.4 Å². The number of hydrogen-bond donors (Lipinski definition) is 2. The Hall–Kier alpha value is -2.02. The molecule has 0 aliphatic carbocycles. The van der Waals surface area contributed by atoms with Gasteiger partial charge in [-0.1, -0.05) is 12.1 Å². The SMILES string of the molecule is CC(C)(Cc1cccc(C#N)c1)NC(=O)O. The molecule has 0 radical (unpaired) electrons. The molecular weight excluding hydrogens is 204 g/mol. The maximum absolute atomic E-state index is 10.6. The van der Waals surface area contributed by atoms with Crippen molar-refractivity contribution < 1.29 is 9.90 Å². The predicted molar refractivity (Wildman–Crippen MR) is 60.1 cm³/mol. The fraction of sp³-hybridized carbons (Fsp3) is 0.333. The van der Waals surface area contributed by atoms with Crippen molar-refractivity contribution in [3.05, 3.63) is 35.4 Å². The van der Waals surface area contributed by atoms with Crippen LogP contribution in [-0.4, -0.2) is 16.7 Å². The second-order valence-electron chi connectivity index (χ2n) is 4.30. The standard InChI is InChI=1S/C12H14N2O2/c1-12(2,14-11(15)16)7-9-4-3-5-10(6-9)8-13/h3-6,14H,7H2,1-2H3,(H,15,16). The van der Waals surface area contributed by atoms with Gasteiger partial charge in [0.15, 0.2) is 0 Å². The molecule has 0 aliphatic rings. The van der Waals surface area contributed by atoms with Crippen LogP contribution in [0, 0.1) is 11.3 Å². The lowest BCUT2D eigenvalue weighted by Crippen LogP contribution is -2.44. The van der Waals surface area contributed by atoms with Crippen LogP contribution in [0.4, 0.5) is 4.79 Å². The molecule has 1 aromatic rings. The van der Waals surface area contributed by atoms with Gasteiger partial charge in [0.2, 0.25) is 0 Å². The van der Waals surface area contributed by atoms with E-state index in [2.05, 4.69) is 11.4 Å². The molecule has 0 aliphatic heterocycles. The lowest BCUT2D eigenvalue weighted by atomic mass is 9.94. The third-order valence-electron chi connectivity index (χ3n) is 2.15. The van der Waals surface area contributed by atoms with Crippen LogP contribution in [0.25, 0.3) is 0 Å². The minimum Gasteiger partial charge on any atom is -0.465 e. The molecule has 0 heterocycles. The number of rotatable bonds is 3. The quantitative estimate of drug-likeness (QED) is 0.816. The van der Waals surface area contributed by atoms with E-state index in [9.17, 15) is 4.79 Å². The second kappa shape index (κ2) is 4.67. The Balaban J connectivity index is 2.80. The first-order valence-electron chi connectivity index (χ1n) is 4.93. The third-order valence-corrected chi connectivity index (χ3v) is 2.15. The average molecular weight is 218 g/mol. The summed E-state index contributed by atoms with van der Waals surface area (Å²) in [6.45, 7) is 3.61. The molecule has 0 fully saturated rings. The van der Waals surface area contributed by atoms with Crippen molar-refractivity contribution in [1.29, 1.82) is 5.26 Å². The molecule has 4 heteroatoms. The molecule has 1 amide bonds. The van der Waals surface area contributed by atoms with E-state index in [0.717, 1.165) is 5.56 Å². The average Bonchev–Trinajstić information content (AvgIpc) is 2.15. The fourth-order valence-electron chi connectivity index (χ4n) is 1.59. The van der Waals surface area contributed by atoms with Gasteiger partial charge in [0.05, 0.1) is 11.6 Å². The highest BCUT2D eigenvalue weighted by molar-refractivity contribution is 5.65. The highest BCUT2D eigenvalue weighted by atomic mass is 16.4. The number of hydrogen-bond acceptors (Lipinski definition) is 2. The highest BCUT2D eigenvalue weighted by Crippen LogP contribution is 2.13. The van der Waals surface area contributed by atoms with E-state index in [0.29, 0.717) is 12.0 Å². The van der Waals surface area contributed by atoms with Crippen LogP contribution in [-0.2, 0) is 6.42 Å². The Morgan fingerprint density at radius 2 is 2.25 bits per heavy atom. The zero-order valence-corrected chi connectivity index (χ0v) is 9.32. The Morgan fingerprint density at radius 3 is 2.81 bits per heavy atom. The molecule has 0 aromatic heterocycles. The molecule has 1 rings (SSSR count). The smallest absolute Gasteiger partial charge is 0.405 e. The van der Waals surface area contributed by atoms with Crippen LogP contribution >= 0.6 is 0 Å². The summed E-state index contributed by atoms with van der Waals surface area (Å²) in [4.78, 5) is 10.6. The van der Waals surface area contributed by atoms with E-state index in [1.165, 1.54) is 0 Å². The van der Waals surface area contributed by atoms with Gasteiger partial charge in [0.1, 0.15) is 0 Å². The number of benzene rings is 1. The van der Waals surface area contributed by atoms with Gasteiger partial charge in [-0.25, -0.2) is 4.79 Å². The summed E-state index contributed by atoms with van der Waals surface area (Å²) in [5.41, 5.74) is 0.987. The first kappa shape index (κ1) is 12.1. The van der Waals surface area contributed by atoms with Crippen LogP contribution in [0.3, 0.4) is 0 Å². The molecule has 16 heavy (non-hydrogen) atoms. The molecular formula is C12H14N2O2. The lowest BCUT2D eigenvalue weighted by Gasteiger charge is -2.24. The van der Waals surface area contributed by atoms with Crippen molar-refractivity contribution in [1.82, 2.24) is 5.32 Å². The largest absolute Gasteiger partial charge is 0.465 e. The van der Waals surface area contributed by atoms with E-state index < -0.39 is 11.6 Å². The Morgan fingerprint density at radius 1 is 1.56 bits per heavy atom. The molecule has 0 spiro atoms. The van der Waals surface area contributed by atoms with Gasteiger partial charge in [-0.2, -0.15) is 5.26 Å². The Bertz CT molecular complexity index is 433. The van der Waals surface area contributed by atoms with Crippen molar-refractivity contribution in [3.63, 3.8) is 0 Å². The molecule has 0 saturated heterocycles. The van der Waals surface area contributed by atoms with Gasteiger partial charge in [-0.3, -0.25) is 0 Å². The number of nitrogens with one attached hydrogen (secondary N) is 1. The number of nitriles is 1. The molecule has 2 N–H and O–H groups in total. The van der Waals surface area contributed by atoms with Crippen molar-refractivity contribution in [3.8, 4) is 6.07 Å². The van der Waals surface area contributed by atoms with Crippen LogP contribution in [0.5, 0.6) is 0 Å². The maximum atomic E-state index is 10.6. The molecule has 84 valence electrons. The zero-order chi connectivity index (χ0) is 12.2. The fourth-order valence-corrected chi connectivity index (χ4v) is 1.59. The molecule has 0 bridgehead atoms. The molecule has 0 atom stereocenters. The van der Waals surface area contributed by atoms with Gasteiger partial charge in [0, 0.05) is 5.54 Å². The van der Waals surface area contributed by atoms with Gasteiger partial charge < -0.3 is 10.4 Å². The Labute approximate surface area is 94.5 Å². The van der Waals surface area contributed by atoms with Crippen LogP contribution < -0.4 is 5.32 Å². The third kappa shape index (κ3) is 3.62. The summed E-state index contributed by atoms with van der Waals surface area (Å²) < 4.78 is 0. The molecule has 4 nitrogen and oxygen atoms in total. The van der Waals surface area contributed by atoms with Crippen molar-refractivity contribution in [2.45, 2.75) is 25.8 Å². The highest BCUT2D eigenvalue weighted by Gasteiger charge is 2.20.